The lowest BCUT2D eigenvalue weighted by atomic mass is 10.1. The lowest BCUT2D eigenvalue weighted by Crippen LogP contribution is -2.24. The Morgan fingerprint density at radius 1 is 1.19 bits per heavy atom. The summed E-state index contributed by atoms with van der Waals surface area (Å²) in [5.74, 6) is 5.84. The van der Waals surface area contributed by atoms with E-state index < -0.39 is 5.25 Å². The van der Waals surface area contributed by atoms with Gasteiger partial charge >= 0.3 is 0 Å². The number of hydrogen-bond acceptors (Lipinski definition) is 5. The molecule has 0 aliphatic heterocycles. The van der Waals surface area contributed by atoms with Crippen LogP contribution in [0.25, 0.3) is 11.4 Å². The number of nitrogens with two attached hydrogens (primary N) is 1. The predicted octanol–water partition coefficient (Wildman–Crippen LogP) is 3.53. The van der Waals surface area contributed by atoms with Crippen molar-refractivity contribution in [1.82, 2.24) is 14.9 Å². The van der Waals surface area contributed by atoms with Gasteiger partial charge in [0.15, 0.2) is 5.82 Å². The van der Waals surface area contributed by atoms with E-state index in [9.17, 15) is 9.18 Å². The van der Waals surface area contributed by atoms with Crippen LogP contribution in [0.4, 0.5) is 10.1 Å². The van der Waals surface area contributed by atoms with Crippen molar-refractivity contribution in [2.75, 3.05) is 11.2 Å². The van der Waals surface area contributed by atoms with Crippen molar-refractivity contribution in [3.63, 3.8) is 0 Å². The summed E-state index contributed by atoms with van der Waals surface area (Å²) >= 11 is 1.19. The summed E-state index contributed by atoms with van der Waals surface area (Å²) in [7, 11) is 0. The van der Waals surface area contributed by atoms with Gasteiger partial charge in [0.2, 0.25) is 11.1 Å². The molecule has 1 amide bonds. The van der Waals surface area contributed by atoms with E-state index in [0.717, 1.165) is 16.8 Å². The maximum Gasteiger partial charge on any atom is 0.237 e. The van der Waals surface area contributed by atoms with Crippen LogP contribution in [0.2, 0.25) is 0 Å². The van der Waals surface area contributed by atoms with Crippen LogP contribution >= 0.6 is 11.8 Å². The van der Waals surface area contributed by atoms with Crippen molar-refractivity contribution in [3.05, 3.63) is 59.4 Å². The molecule has 3 N–H and O–H groups in total. The van der Waals surface area contributed by atoms with Gasteiger partial charge in [-0.25, -0.2) is 9.07 Å². The number of nitrogens with one attached hydrogen (secondary N) is 1. The summed E-state index contributed by atoms with van der Waals surface area (Å²) in [6, 6.07) is 11.8. The summed E-state index contributed by atoms with van der Waals surface area (Å²) in [5, 5.41) is 10.9. The second-order valence-corrected chi connectivity index (χ2v) is 7.51. The molecular formula is C19H20FN5OS. The second kappa shape index (κ2) is 7.79. The molecule has 0 unspecified atom stereocenters. The first-order chi connectivity index (χ1) is 12.9. The van der Waals surface area contributed by atoms with Crippen LogP contribution in [0.5, 0.6) is 0 Å². The Morgan fingerprint density at radius 3 is 2.52 bits per heavy atom. The van der Waals surface area contributed by atoms with Crippen molar-refractivity contribution < 1.29 is 9.18 Å². The highest BCUT2D eigenvalue weighted by atomic mass is 32.2. The van der Waals surface area contributed by atoms with Crippen LogP contribution in [0.3, 0.4) is 0 Å². The zero-order valence-corrected chi connectivity index (χ0v) is 16.0. The van der Waals surface area contributed by atoms with Gasteiger partial charge < -0.3 is 11.2 Å². The Morgan fingerprint density at radius 2 is 1.85 bits per heavy atom. The molecule has 140 valence electrons. The summed E-state index contributed by atoms with van der Waals surface area (Å²) in [6.07, 6.45) is 0. The topological polar surface area (TPSA) is 85.8 Å². The van der Waals surface area contributed by atoms with E-state index in [1.165, 1.54) is 28.6 Å². The van der Waals surface area contributed by atoms with Crippen LogP contribution in [0.15, 0.2) is 47.6 Å². The molecule has 1 aromatic heterocycles. The highest BCUT2D eigenvalue weighted by Crippen LogP contribution is 2.27. The normalized spacial score (nSPS) is 12.0. The molecule has 3 aromatic rings. The molecule has 0 spiro atoms. The quantitative estimate of drug-likeness (QED) is 0.518. The summed E-state index contributed by atoms with van der Waals surface area (Å²) in [6.45, 7) is 5.66. The minimum Gasteiger partial charge on any atom is -0.335 e. The number of carbonyl (C=O) groups excluding carboxylic acids is 1. The van der Waals surface area contributed by atoms with Gasteiger partial charge in [-0.1, -0.05) is 42.1 Å². The van der Waals surface area contributed by atoms with Gasteiger partial charge in [-0.3, -0.25) is 4.79 Å². The number of nitrogen functional groups attached to an aromatic ring is 1. The molecule has 0 saturated carbocycles. The van der Waals surface area contributed by atoms with Crippen LogP contribution in [0.1, 0.15) is 18.1 Å². The van der Waals surface area contributed by atoms with Gasteiger partial charge in [0.05, 0.1) is 5.25 Å². The van der Waals surface area contributed by atoms with E-state index in [-0.39, 0.29) is 11.7 Å². The van der Waals surface area contributed by atoms with Crippen molar-refractivity contribution in [1.29, 1.82) is 0 Å². The van der Waals surface area contributed by atoms with E-state index in [1.54, 1.807) is 19.1 Å². The first-order valence-electron chi connectivity index (χ1n) is 8.37. The highest BCUT2D eigenvalue weighted by Gasteiger charge is 2.21. The number of benzene rings is 2. The van der Waals surface area contributed by atoms with E-state index in [4.69, 9.17) is 5.84 Å². The summed E-state index contributed by atoms with van der Waals surface area (Å²) < 4.78 is 14.7. The number of halogens is 1. The standard InChI is InChI=1S/C19H20FN5OS/c1-11-6-4-7-12(2)16(11)22-18(26)13(3)27-19-24-23-17(25(19)21)14-8-5-9-15(20)10-14/h4-10,13H,21H2,1-3H3,(H,22,26)/t13-/m1/s1. The second-order valence-electron chi connectivity index (χ2n) is 6.20. The van der Waals surface area contributed by atoms with E-state index in [0.29, 0.717) is 16.5 Å². The van der Waals surface area contributed by atoms with Gasteiger partial charge in [-0.2, -0.15) is 0 Å². The number of para-hydroxylation sites is 1. The van der Waals surface area contributed by atoms with E-state index in [2.05, 4.69) is 15.5 Å². The molecule has 0 saturated heterocycles. The molecular weight excluding hydrogens is 365 g/mol. The van der Waals surface area contributed by atoms with Gasteiger partial charge in [0.1, 0.15) is 5.82 Å². The maximum atomic E-state index is 13.4. The third kappa shape index (κ3) is 4.11. The molecule has 0 aliphatic rings. The largest absolute Gasteiger partial charge is 0.335 e. The van der Waals surface area contributed by atoms with Crippen LogP contribution in [0, 0.1) is 19.7 Å². The van der Waals surface area contributed by atoms with Gasteiger partial charge in [-0.05, 0) is 44.0 Å². The molecule has 0 aliphatic carbocycles. The number of carbonyl (C=O) groups is 1. The minimum atomic E-state index is -0.448. The molecule has 27 heavy (non-hydrogen) atoms. The first-order valence-corrected chi connectivity index (χ1v) is 9.25. The van der Waals surface area contributed by atoms with Crippen LogP contribution in [-0.4, -0.2) is 26.0 Å². The molecule has 0 radical (unpaired) electrons. The number of rotatable bonds is 5. The Bertz CT molecular complexity index is 968. The molecule has 2 aromatic carbocycles. The smallest absolute Gasteiger partial charge is 0.237 e. The Hall–Kier alpha value is -2.87. The fourth-order valence-electron chi connectivity index (χ4n) is 2.63. The third-order valence-electron chi connectivity index (χ3n) is 4.13. The molecule has 8 heteroatoms. The fourth-order valence-corrected chi connectivity index (χ4v) is 3.40. The molecule has 0 bridgehead atoms. The molecule has 1 heterocycles. The predicted molar refractivity (Wildman–Crippen MR) is 105 cm³/mol. The van der Waals surface area contributed by atoms with Crippen molar-refractivity contribution in [2.45, 2.75) is 31.2 Å². The number of amides is 1. The Labute approximate surface area is 161 Å². The minimum absolute atomic E-state index is 0.160. The zero-order chi connectivity index (χ0) is 19.6. The SMILES string of the molecule is Cc1cccc(C)c1NC(=O)[C@@H](C)Sc1nnc(-c2cccc(F)c2)n1N. The number of hydrogen-bond donors (Lipinski definition) is 2. The fraction of sp³-hybridized carbons (Fsp3) is 0.211. The number of thioether (sulfide) groups is 1. The summed E-state index contributed by atoms with van der Waals surface area (Å²) in [5.41, 5.74) is 3.32. The van der Waals surface area contributed by atoms with Crippen LogP contribution < -0.4 is 11.2 Å². The first kappa shape index (κ1) is 18.9. The highest BCUT2D eigenvalue weighted by molar-refractivity contribution is 8.00. The number of aromatic nitrogens is 3. The maximum absolute atomic E-state index is 13.4. The third-order valence-corrected chi connectivity index (χ3v) is 5.18. The Kier molecular flexibility index (Phi) is 5.46. The number of aryl methyl sites for hydroxylation is 2. The molecule has 6 nitrogen and oxygen atoms in total. The lowest BCUT2D eigenvalue weighted by molar-refractivity contribution is -0.115. The lowest BCUT2D eigenvalue weighted by Gasteiger charge is -2.15. The number of anilines is 1. The summed E-state index contributed by atoms with van der Waals surface area (Å²) in [4.78, 5) is 12.6. The molecule has 0 fully saturated rings. The number of nitrogens with zero attached hydrogens (tertiary/aromatic N) is 3. The van der Waals surface area contributed by atoms with E-state index in [1.807, 2.05) is 32.0 Å². The Balaban J connectivity index is 1.75. The van der Waals surface area contributed by atoms with Gasteiger partial charge in [0, 0.05) is 11.3 Å². The average Bonchev–Trinajstić information content (AvgIpc) is 2.98. The van der Waals surface area contributed by atoms with E-state index >= 15 is 0 Å². The van der Waals surface area contributed by atoms with Crippen molar-refractivity contribution in [2.24, 2.45) is 0 Å². The monoisotopic (exact) mass is 385 g/mol. The van der Waals surface area contributed by atoms with Crippen molar-refractivity contribution in [3.8, 4) is 11.4 Å². The van der Waals surface area contributed by atoms with Gasteiger partial charge in [-0.15, -0.1) is 10.2 Å². The molecule has 3 rings (SSSR count). The van der Waals surface area contributed by atoms with Gasteiger partial charge in [0.25, 0.3) is 0 Å². The van der Waals surface area contributed by atoms with Crippen molar-refractivity contribution >= 4 is 23.4 Å². The average molecular weight is 385 g/mol. The molecule has 1 atom stereocenters. The zero-order valence-electron chi connectivity index (χ0n) is 15.2. The van der Waals surface area contributed by atoms with Crippen LogP contribution in [-0.2, 0) is 4.79 Å².